The molecule has 2 atom stereocenters. The van der Waals surface area contributed by atoms with Crippen LogP contribution in [0.2, 0.25) is 0 Å². The Hall–Kier alpha value is -1.83. The van der Waals surface area contributed by atoms with Crippen molar-refractivity contribution in [2.45, 2.75) is 37.6 Å². The second kappa shape index (κ2) is 4.59. The molecule has 1 saturated carbocycles. The van der Waals surface area contributed by atoms with E-state index in [4.69, 9.17) is 4.42 Å². The monoisotopic (exact) mass is 302 g/mol. The highest BCUT2D eigenvalue weighted by Gasteiger charge is 2.68. The van der Waals surface area contributed by atoms with Gasteiger partial charge in [-0.25, -0.2) is 0 Å². The Morgan fingerprint density at radius 2 is 2.24 bits per heavy atom. The molecule has 0 aromatic carbocycles. The van der Waals surface area contributed by atoms with Gasteiger partial charge in [-0.1, -0.05) is 6.42 Å². The smallest absolute Gasteiger partial charge is 0.439 e. The average Bonchev–Trinajstić information content (AvgIpc) is 3.05. The van der Waals surface area contributed by atoms with Crippen molar-refractivity contribution < 1.29 is 27.5 Å². The van der Waals surface area contributed by atoms with Gasteiger partial charge in [-0.15, -0.1) is 0 Å². The quantitative estimate of drug-likeness (QED) is 0.867. The van der Waals surface area contributed by atoms with Crippen LogP contribution in [-0.4, -0.2) is 33.6 Å². The Labute approximate surface area is 118 Å². The first-order valence-corrected chi connectivity index (χ1v) is 6.60. The van der Waals surface area contributed by atoms with E-state index in [-0.39, 0.29) is 22.9 Å². The lowest BCUT2D eigenvalue weighted by atomic mass is 9.80. The summed E-state index contributed by atoms with van der Waals surface area (Å²) in [5, 5.41) is 14.2. The molecule has 2 aliphatic rings. The van der Waals surface area contributed by atoms with Crippen LogP contribution in [0.3, 0.4) is 0 Å². The maximum atomic E-state index is 13.4. The molecule has 0 bridgehead atoms. The normalized spacial score (nSPS) is 29.2. The van der Waals surface area contributed by atoms with Crippen LogP contribution >= 0.6 is 0 Å². The summed E-state index contributed by atoms with van der Waals surface area (Å²) in [6.45, 7) is 0. The highest BCUT2D eigenvalue weighted by Crippen LogP contribution is 2.48. The van der Waals surface area contributed by atoms with Gasteiger partial charge in [-0.3, -0.25) is 4.79 Å². The number of nitrogens with zero attached hydrogens (tertiary/aromatic N) is 2. The maximum Gasteiger partial charge on any atom is 0.439 e. The molecular formula is C13H13F3N2O3. The number of alkyl halides is 3. The average molecular weight is 302 g/mol. The topological polar surface area (TPSA) is 66.0 Å². The van der Waals surface area contributed by atoms with Crippen LogP contribution in [0.1, 0.15) is 36.2 Å². The predicted octanol–water partition coefficient (Wildman–Crippen LogP) is 2.53. The molecule has 1 aliphatic carbocycles. The molecule has 0 spiro atoms. The Morgan fingerprint density at radius 3 is 2.86 bits per heavy atom. The number of furan rings is 1. The molecule has 5 nitrogen and oxygen atoms in total. The molecule has 1 aromatic rings. The van der Waals surface area contributed by atoms with Gasteiger partial charge in [0.1, 0.15) is 0 Å². The molecule has 3 rings (SSSR count). The zero-order chi connectivity index (χ0) is 15.3. The Morgan fingerprint density at radius 1 is 1.48 bits per heavy atom. The van der Waals surface area contributed by atoms with Crippen molar-refractivity contribution in [3.8, 4) is 0 Å². The van der Waals surface area contributed by atoms with Crippen LogP contribution in [0.4, 0.5) is 13.2 Å². The Bertz CT molecular complexity index is 582. The number of hydrazone groups is 1. The summed E-state index contributed by atoms with van der Waals surface area (Å²) in [6.07, 6.45) is -2.06. The van der Waals surface area contributed by atoms with Gasteiger partial charge in [-0.05, 0) is 31.4 Å². The SMILES string of the molecule is O=C(c1ccco1)N1N=C2CCCC[C@H]2[C@@]1(O)C(F)(F)F. The van der Waals surface area contributed by atoms with E-state index < -0.39 is 23.7 Å². The summed E-state index contributed by atoms with van der Waals surface area (Å²) in [4.78, 5) is 12.2. The molecule has 21 heavy (non-hydrogen) atoms. The predicted molar refractivity (Wildman–Crippen MR) is 65.3 cm³/mol. The van der Waals surface area contributed by atoms with Crippen molar-refractivity contribution in [1.29, 1.82) is 0 Å². The molecule has 8 heteroatoms. The fourth-order valence-corrected chi connectivity index (χ4v) is 2.92. The van der Waals surface area contributed by atoms with E-state index in [2.05, 4.69) is 5.10 Å². The van der Waals surface area contributed by atoms with Crippen LogP contribution < -0.4 is 0 Å². The van der Waals surface area contributed by atoms with Crippen molar-refractivity contribution in [1.82, 2.24) is 5.01 Å². The molecular weight excluding hydrogens is 289 g/mol. The highest BCUT2D eigenvalue weighted by molar-refractivity contribution is 5.97. The van der Waals surface area contributed by atoms with E-state index in [0.29, 0.717) is 19.3 Å². The molecule has 1 aromatic heterocycles. The van der Waals surface area contributed by atoms with Crippen LogP contribution in [0, 0.1) is 5.92 Å². The van der Waals surface area contributed by atoms with E-state index in [1.165, 1.54) is 18.4 Å². The van der Waals surface area contributed by atoms with Gasteiger partial charge in [-0.2, -0.15) is 23.3 Å². The molecule has 1 fully saturated rings. The lowest BCUT2D eigenvalue weighted by Crippen LogP contribution is -2.61. The first kappa shape index (κ1) is 14.1. The molecule has 0 saturated heterocycles. The van der Waals surface area contributed by atoms with Crippen molar-refractivity contribution >= 4 is 11.6 Å². The van der Waals surface area contributed by atoms with Gasteiger partial charge < -0.3 is 9.52 Å². The number of hydrogen-bond donors (Lipinski definition) is 1. The first-order valence-electron chi connectivity index (χ1n) is 6.60. The molecule has 114 valence electrons. The summed E-state index contributed by atoms with van der Waals surface area (Å²) < 4.78 is 45.1. The number of carbonyl (C=O) groups is 1. The molecule has 1 aliphatic heterocycles. The minimum Gasteiger partial charge on any atom is -0.459 e. The van der Waals surface area contributed by atoms with Crippen LogP contribution in [-0.2, 0) is 0 Å². The molecule has 1 amide bonds. The summed E-state index contributed by atoms with van der Waals surface area (Å²) >= 11 is 0. The zero-order valence-electron chi connectivity index (χ0n) is 10.9. The molecule has 1 N–H and O–H groups in total. The first-order chi connectivity index (χ1) is 9.85. The summed E-state index contributed by atoms with van der Waals surface area (Å²) in [6, 6.07) is 2.62. The van der Waals surface area contributed by atoms with Crippen molar-refractivity contribution in [2.75, 3.05) is 0 Å². The zero-order valence-corrected chi connectivity index (χ0v) is 10.9. The lowest BCUT2D eigenvalue weighted by molar-refractivity contribution is -0.312. The minimum atomic E-state index is -5.00. The number of amides is 1. The minimum absolute atomic E-state index is 0.136. The number of halogens is 3. The van der Waals surface area contributed by atoms with Crippen LogP contribution in [0.15, 0.2) is 27.9 Å². The Kier molecular flexibility index (Phi) is 3.09. The van der Waals surface area contributed by atoms with Gasteiger partial charge >= 0.3 is 12.1 Å². The fourth-order valence-electron chi connectivity index (χ4n) is 2.92. The third-order valence-electron chi connectivity index (χ3n) is 3.96. The Balaban J connectivity index is 2.04. The molecule has 2 heterocycles. The molecule has 0 radical (unpaired) electrons. The lowest BCUT2D eigenvalue weighted by Gasteiger charge is -2.37. The second-order valence-electron chi connectivity index (χ2n) is 5.21. The van der Waals surface area contributed by atoms with Gasteiger partial charge in [0.2, 0.25) is 0 Å². The van der Waals surface area contributed by atoms with Crippen molar-refractivity contribution in [3.05, 3.63) is 24.2 Å². The van der Waals surface area contributed by atoms with E-state index >= 15 is 0 Å². The van der Waals surface area contributed by atoms with E-state index in [1.54, 1.807) is 0 Å². The third kappa shape index (κ3) is 1.97. The summed E-state index contributed by atoms with van der Waals surface area (Å²) in [5.74, 6) is -2.59. The number of carbonyl (C=O) groups excluding carboxylic acids is 1. The fraction of sp³-hybridized carbons (Fsp3) is 0.538. The van der Waals surface area contributed by atoms with Gasteiger partial charge in [0.25, 0.3) is 5.72 Å². The molecule has 0 unspecified atom stereocenters. The summed E-state index contributed by atoms with van der Waals surface area (Å²) in [5.41, 5.74) is -3.08. The number of aliphatic hydroxyl groups is 1. The van der Waals surface area contributed by atoms with E-state index in [0.717, 1.165) is 0 Å². The van der Waals surface area contributed by atoms with E-state index in [9.17, 15) is 23.1 Å². The number of hydrogen-bond acceptors (Lipinski definition) is 4. The van der Waals surface area contributed by atoms with Gasteiger partial charge in [0, 0.05) is 5.71 Å². The maximum absolute atomic E-state index is 13.4. The van der Waals surface area contributed by atoms with Gasteiger partial charge in [0.15, 0.2) is 5.76 Å². The highest BCUT2D eigenvalue weighted by atomic mass is 19.4. The van der Waals surface area contributed by atoms with E-state index in [1.807, 2.05) is 0 Å². The third-order valence-corrected chi connectivity index (χ3v) is 3.96. The summed E-state index contributed by atoms with van der Waals surface area (Å²) in [7, 11) is 0. The second-order valence-corrected chi connectivity index (χ2v) is 5.21. The van der Waals surface area contributed by atoms with Crippen LogP contribution in [0.25, 0.3) is 0 Å². The van der Waals surface area contributed by atoms with Crippen molar-refractivity contribution in [2.24, 2.45) is 11.0 Å². The van der Waals surface area contributed by atoms with Crippen molar-refractivity contribution in [3.63, 3.8) is 0 Å². The van der Waals surface area contributed by atoms with Crippen LogP contribution in [0.5, 0.6) is 0 Å². The largest absolute Gasteiger partial charge is 0.459 e. The van der Waals surface area contributed by atoms with Gasteiger partial charge in [0.05, 0.1) is 12.2 Å². The standard InChI is InChI=1S/C13H13F3N2O3/c14-13(15,16)12(20)8-4-1-2-5-9(8)17-18(12)11(19)10-6-3-7-21-10/h3,6-8,20H,1-2,4-5H2/t8-,12-/m1/s1. The number of fused-ring (bicyclic) bond motifs is 1. The number of rotatable bonds is 1.